The van der Waals surface area contributed by atoms with E-state index in [2.05, 4.69) is 13.8 Å². The third kappa shape index (κ3) is 18.6. The molecule has 2 unspecified atom stereocenters. The molecule has 0 fully saturated rings. The Kier molecular flexibility index (Phi) is 19.0. The molecule has 0 aliphatic heterocycles. The summed E-state index contributed by atoms with van der Waals surface area (Å²) in [4.78, 5) is 11.9. The molecule has 0 aliphatic rings. The Bertz CT molecular complexity index is 351. The van der Waals surface area contributed by atoms with E-state index in [1.807, 2.05) is 6.92 Å². The predicted octanol–water partition coefficient (Wildman–Crippen LogP) is 2.08. The molecule has 0 saturated heterocycles. The third-order valence-electron chi connectivity index (χ3n) is 3.60. The van der Waals surface area contributed by atoms with E-state index in [0.717, 1.165) is 6.42 Å². The molecule has 0 aromatic rings. The number of esters is 1. The second-order valence-corrected chi connectivity index (χ2v) is 6.83. The van der Waals surface area contributed by atoms with Crippen LogP contribution in [0.4, 0.5) is 0 Å². The van der Waals surface area contributed by atoms with Gasteiger partial charge in [0.15, 0.2) is 6.10 Å². The van der Waals surface area contributed by atoms with E-state index in [-0.39, 0.29) is 12.1 Å². The van der Waals surface area contributed by atoms with Gasteiger partial charge in [0, 0.05) is 7.11 Å². The molecule has 0 spiro atoms. The molecule has 0 heterocycles. The fourth-order valence-electron chi connectivity index (χ4n) is 2.26. The van der Waals surface area contributed by atoms with Crippen molar-refractivity contribution < 1.29 is 38.0 Å². The highest BCUT2D eigenvalue weighted by Gasteiger charge is 2.18. The summed E-state index contributed by atoms with van der Waals surface area (Å²) in [5.74, 6) is 0.155. The van der Waals surface area contributed by atoms with Crippen LogP contribution in [0.2, 0.25) is 0 Å². The Labute approximate surface area is 170 Å². The number of carbonyl (C=O) groups excluding carboxylic acids is 1. The van der Waals surface area contributed by atoms with E-state index >= 15 is 0 Å². The first-order valence-corrected chi connectivity index (χ1v) is 10.1. The van der Waals surface area contributed by atoms with E-state index < -0.39 is 6.10 Å². The summed E-state index contributed by atoms with van der Waals surface area (Å²) in [6.07, 6.45) is 0.151. The van der Waals surface area contributed by atoms with Crippen LogP contribution in [-0.4, -0.2) is 91.4 Å². The maximum absolute atomic E-state index is 11.9. The molecular formula is C20H40O8. The highest BCUT2D eigenvalue weighted by molar-refractivity contribution is 5.74. The zero-order valence-corrected chi connectivity index (χ0v) is 18.3. The Hall–Kier alpha value is -0.770. The first-order chi connectivity index (χ1) is 13.5. The van der Waals surface area contributed by atoms with Gasteiger partial charge < -0.3 is 33.2 Å². The van der Waals surface area contributed by atoms with Crippen LogP contribution in [0.15, 0.2) is 0 Å². The quantitative estimate of drug-likeness (QED) is 0.224. The summed E-state index contributed by atoms with van der Waals surface area (Å²) in [5, 5.41) is 0. The zero-order valence-electron chi connectivity index (χ0n) is 18.3. The van der Waals surface area contributed by atoms with Gasteiger partial charge in [-0.1, -0.05) is 13.8 Å². The molecule has 0 aliphatic carbocycles. The van der Waals surface area contributed by atoms with Crippen molar-refractivity contribution >= 4 is 5.97 Å². The minimum atomic E-state index is -0.593. The third-order valence-corrected chi connectivity index (χ3v) is 3.60. The summed E-state index contributed by atoms with van der Waals surface area (Å²) in [5.41, 5.74) is 0. The number of carbonyl (C=O) groups is 1. The summed E-state index contributed by atoms with van der Waals surface area (Å²) in [7, 11) is 1.64. The molecule has 0 N–H and O–H groups in total. The first-order valence-electron chi connectivity index (χ1n) is 10.1. The number of hydrogen-bond donors (Lipinski definition) is 0. The number of rotatable bonds is 20. The highest BCUT2D eigenvalue weighted by Crippen LogP contribution is 2.09. The van der Waals surface area contributed by atoms with Crippen molar-refractivity contribution in [3.63, 3.8) is 0 Å². The molecule has 0 aromatic carbocycles. The SMILES string of the molecule is COCCOCCOCCOCCOCCOC(C)C(=O)OC(C)CC(C)C. The number of hydrogen-bond acceptors (Lipinski definition) is 8. The van der Waals surface area contributed by atoms with Gasteiger partial charge in [-0.25, -0.2) is 4.79 Å². The normalized spacial score (nSPS) is 13.6. The first kappa shape index (κ1) is 27.2. The van der Waals surface area contributed by atoms with Gasteiger partial charge in [0.2, 0.25) is 0 Å². The molecule has 0 radical (unpaired) electrons. The van der Waals surface area contributed by atoms with Crippen LogP contribution >= 0.6 is 0 Å². The van der Waals surface area contributed by atoms with Crippen molar-refractivity contribution in [3.05, 3.63) is 0 Å². The predicted molar refractivity (Wildman–Crippen MR) is 106 cm³/mol. The largest absolute Gasteiger partial charge is 0.461 e. The maximum atomic E-state index is 11.9. The second-order valence-electron chi connectivity index (χ2n) is 6.83. The average molecular weight is 409 g/mol. The summed E-state index contributed by atoms with van der Waals surface area (Å²) < 4.78 is 37.1. The van der Waals surface area contributed by atoms with Gasteiger partial charge in [-0.15, -0.1) is 0 Å². The van der Waals surface area contributed by atoms with Gasteiger partial charge in [0.25, 0.3) is 0 Å². The number of ether oxygens (including phenoxy) is 7. The van der Waals surface area contributed by atoms with Crippen molar-refractivity contribution in [1.82, 2.24) is 0 Å². The second kappa shape index (κ2) is 19.5. The van der Waals surface area contributed by atoms with Crippen LogP contribution in [0.5, 0.6) is 0 Å². The fraction of sp³-hybridized carbons (Fsp3) is 0.950. The Morgan fingerprint density at radius 3 is 1.54 bits per heavy atom. The van der Waals surface area contributed by atoms with Crippen molar-refractivity contribution in [2.75, 3.05) is 73.2 Å². The van der Waals surface area contributed by atoms with Gasteiger partial charge >= 0.3 is 5.97 Å². The topological polar surface area (TPSA) is 81.7 Å². The molecule has 8 nitrogen and oxygen atoms in total. The lowest BCUT2D eigenvalue weighted by Crippen LogP contribution is -2.28. The Balaban J connectivity index is 3.35. The van der Waals surface area contributed by atoms with Gasteiger partial charge in [-0.05, 0) is 26.2 Å². The summed E-state index contributed by atoms with van der Waals surface area (Å²) in [6.45, 7) is 12.8. The highest BCUT2D eigenvalue weighted by atomic mass is 16.6. The maximum Gasteiger partial charge on any atom is 0.335 e. The Morgan fingerprint density at radius 1 is 0.679 bits per heavy atom. The van der Waals surface area contributed by atoms with Gasteiger partial charge in [-0.2, -0.15) is 0 Å². The van der Waals surface area contributed by atoms with Crippen LogP contribution in [0.3, 0.4) is 0 Å². The van der Waals surface area contributed by atoms with E-state index in [4.69, 9.17) is 33.2 Å². The van der Waals surface area contributed by atoms with Crippen LogP contribution in [0.25, 0.3) is 0 Å². The van der Waals surface area contributed by atoms with Gasteiger partial charge in [0.1, 0.15) is 0 Å². The summed E-state index contributed by atoms with van der Waals surface area (Å²) >= 11 is 0. The van der Waals surface area contributed by atoms with E-state index in [9.17, 15) is 4.79 Å². The van der Waals surface area contributed by atoms with Crippen molar-refractivity contribution in [1.29, 1.82) is 0 Å². The molecule has 2 atom stereocenters. The van der Waals surface area contributed by atoms with E-state index in [0.29, 0.717) is 72.0 Å². The molecule has 0 rings (SSSR count). The monoisotopic (exact) mass is 408 g/mol. The fourth-order valence-corrected chi connectivity index (χ4v) is 2.26. The van der Waals surface area contributed by atoms with E-state index in [1.165, 1.54) is 0 Å². The molecule has 0 saturated carbocycles. The minimum absolute atomic E-state index is 0.0980. The van der Waals surface area contributed by atoms with Gasteiger partial charge in [0.05, 0.1) is 72.2 Å². The lowest BCUT2D eigenvalue weighted by Gasteiger charge is -2.18. The molecule has 0 amide bonds. The lowest BCUT2D eigenvalue weighted by molar-refractivity contribution is -0.162. The van der Waals surface area contributed by atoms with Gasteiger partial charge in [-0.3, -0.25) is 0 Å². The minimum Gasteiger partial charge on any atom is -0.461 e. The standard InChI is InChI=1S/C20H40O8/c1-17(2)16-18(3)28-20(21)19(4)27-15-14-26-13-12-25-11-10-24-9-8-23-7-6-22-5/h17-19H,6-16H2,1-5H3. The van der Waals surface area contributed by atoms with E-state index in [1.54, 1.807) is 14.0 Å². The number of methoxy groups -OCH3 is 1. The molecule has 28 heavy (non-hydrogen) atoms. The molecular weight excluding hydrogens is 368 g/mol. The van der Waals surface area contributed by atoms with Crippen molar-refractivity contribution in [2.45, 2.75) is 46.3 Å². The lowest BCUT2D eigenvalue weighted by atomic mass is 10.1. The molecule has 8 heteroatoms. The van der Waals surface area contributed by atoms with Crippen molar-refractivity contribution in [3.8, 4) is 0 Å². The van der Waals surface area contributed by atoms with Crippen LogP contribution in [-0.2, 0) is 38.0 Å². The van der Waals surface area contributed by atoms with Crippen LogP contribution < -0.4 is 0 Å². The molecule has 0 aromatic heterocycles. The van der Waals surface area contributed by atoms with Crippen LogP contribution in [0, 0.1) is 5.92 Å². The Morgan fingerprint density at radius 2 is 1.11 bits per heavy atom. The zero-order chi connectivity index (χ0) is 21.0. The smallest absolute Gasteiger partial charge is 0.335 e. The molecule has 0 bridgehead atoms. The average Bonchev–Trinajstić information content (AvgIpc) is 2.63. The van der Waals surface area contributed by atoms with Crippen molar-refractivity contribution in [2.24, 2.45) is 5.92 Å². The molecule has 168 valence electrons. The summed E-state index contributed by atoms with van der Waals surface area (Å²) in [6, 6.07) is 0. The van der Waals surface area contributed by atoms with Crippen LogP contribution in [0.1, 0.15) is 34.1 Å².